The molecule has 0 atom stereocenters. The van der Waals surface area contributed by atoms with Gasteiger partial charge in [0.05, 0.1) is 0 Å². The molecule has 1 aliphatic carbocycles. The lowest BCUT2D eigenvalue weighted by Crippen LogP contribution is -2.47. The number of hydrogen-bond donors (Lipinski definition) is 1. The summed E-state index contributed by atoms with van der Waals surface area (Å²) in [6.45, 7) is 9.84. The molecule has 1 N–H and O–H groups in total. The molecule has 2 nitrogen and oxygen atoms in total. The van der Waals surface area contributed by atoms with Crippen molar-refractivity contribution in [2.45, 2.75) is 71.3 Å². The Labute approximate surface area is 114 Å². The first-order valence-corrected chi connectivity index (χ1v) is 8.16. The maximum absolute atomic E-state index is 3.72. The molecule has 0 radical (unpaired) electrons. The van der Waals surface area contributed by atoms with Gasteiger partial charge >= 0.3 is 0 Å². The molecule has 0 bridgehead atoms. The fraction of sp³-hybridized carbons (Fsp3) is 1.00. The van der Waals surface area contributed by atoms with Crippen LogP contribution in [0.25, 0.3) is 0 Å². The van der Waals surface area contributed by atoms with Crippen molar-refractivity contribution in [3.8, 4) is 0 Å². The zero-order chi connectivity index (χ0) is 12.8. The van der Waals surface area contributed by atoms with Crippen molar-refractivity contribution in [2.24, 2.45) is 5.41 Å². The van der Waals surface area contributed by atoms with Crippen molar-refractivity contribution in [1.29, 1.82) is 0 Å². The van der Waals surface area contributed by atoms with E-state index in [9.17, 15) is 0 Å². The number of likely N-dealkylation sites (tertiary alicyclic amines) is 1. The van der Waals surface area contributed by atoms with Gasteiger partial charge in [-0.05, 0) is 44.2 Å². The van der Waals surface area contributed by atoms with E-state index in [1.165, 1.54) is 77.5 Å². The molecular formula is C16H32N2. The van der Waals surface area contributed by atoms with Gasteiger partial charge in [-0.3, -0.25) is 0 Å². The lowest BCUT2D eigenvalue weighted by molar-refractivity contribution is 0.0880. The first kappa shape index (κ1) is 14.3. The Morgan fingerprint density at radius 1 is 0.944 bits per heavy atom. The van der Waals surface area contributed by atoms with Gasteiger partial charge in [-0.1, -0.05) is 39.5 Å². The van der Waals surface area contributed by atoms with Crippen LogP contribution < -0.4 is 5.32 Å². The highest BCUT2D eigenvalue weighted by Crippen LogP contribution is 2.37. The van der Waals surface area contributed by atoms with Crippen molar-refractivity contribution < 1.29 is 0 Å². The van der Waals surface area contributed by atoms with Gasteiger partial charge in [-0.15, -0.1) is 0 Å². The minimum absolute atomic E-state index is 0.583. The summed E-state index contributed by atoms with van der Waals surface area (Å²) < 4.78 is 0. The predicted molar refractivity (Wildman–Crippen MR) is 78.9 cm³/mol. The molecule has 18 heavy (non-hydrogen) atoms. The smallest absolute Gasteiger partial charge is 0.00501 e. The fourth-order valence-corrected chi connectivity index (χ4v) is 3.71. The predicted octanol–water partition coefficient (Wildman–Crippen LogP) is 3.42. The molecule has 1 saturated heterocycles. The van der Waals surface area contributed by atoms with Crippen molar-refractivity contribution >= 4 is 0 Å². The van der Waals surface area contributed by atoms with Crippen LogP contribution in [0.5, 0.6) is 0 Å². The summed E-state index contributed by atoms with van der Waals surface area (Å²) in [6.07, 6.45) is 11.6. The van der Waals surface area contributed by atoms with E-state index in [2.05, 4.69) is 24.1 Å². The Morgan fingerprint density at radius 2 is 1.56 bits per heavy atom. The SMILES string of the molecule is CC(C)NCC1(CN2CCCCC2)CCCCC1. The third kappa shape index (κ3) is 4.24. The van der Waals surface area contributed by atoms with Crippen LogP contribution in [0.2, 0.25) is 0 Å². The van der Waals surface area contributed by atoms with Crippen LogP contribution in [0.1, 0.15) is 65.2 Å². The molecule has 1 saturated carbocycles. The van der Waals surface area contributed by atoms with Crippen molar-refractivity contribution in [3.63, 3.8) is 0 Å². The van der Waals surface area contributed by atoms with Crippen LogP contribution in [0, 0.1) is 5.41 Å². The second kappa shape index (κ2) is 6.91. The van der Waals surface area contributed by atoms with Crippen molar-refractivity contribution in [1.82, 2.24) is 10.2 Å². The molecule has 0 aromatic heterocycles. The maximum atomic E-state index is 3.72. The summed E-state index contributed by atoms with van der Waals surface area (Å²) >= 11 is 0. The van der Waals surface area contributed by atoms with Crippen LogP contribution in [-0.2, 0) is 0 Å². The van der Waals surface area contributed by atoms with Gasteiger partial charge in [-0.2, -0.15) is 0 Å². The zero-order valence-electron chi connectivity index (χ0n) is 12.5. The lowest BCUT2D eigenvalue weighted by atomic mass is 9.73. The molecule has 2 rings (SSSR count). The van der Waals surface area contributed by atoms with Crippen LogP contribution in [0.3, 0.4) is 0 Å². The normalized spacial score (nSPS) is 25.5. The lowest BCUT2D eigenvalue weighted by Gasteiger charge is -2.43. The van der Waals surface area contributed by atoms with Crippen molar-refractivity contribution in [3.05, 3.63) is 0 Å². The van der Waals surface area contributed by atoms with Crippen LogP contribution in [-0.4, -0.2) is 37.1 Å². The van der Waals surface area contributed by atoms with Gasteiger partial charge in [-0.25, -0.2) is 0 Å². The maximum Gasteiger partial charge on any atom is 0.00501 e. The van der Waals surface area contributed by atoms with Gasteiger partial charge in [0, 0.05) is 19.1 Å². The molecule has 0 aromatic rings. The first-order chi connectivity index (χ1) is 8.70. The van der Waals surface area contributed by atoms with Crippen molar-refractivity contribution in [2.75, 3.05) is 26.2 Å². The fourth-order valence-electron chi connectivity index (χ4n) is 3.71. The molecule has 2 aliphatic rings. The summed E-state index contributed by atoms with van der Waals surface area (Å²) in [5.41, 5.74) is 0.583. The van der Waals surface area contributed by atoms with Gasteiger partial charge in [0.2, 0.25) is 0 Å². The van der Waals surface area contributed by atoms with Gasteiger partial charge in [0.15, 0.2) is 0 Å². The number of nitrogens with one attached hydrogen (secondary N) is 1. The highest BCUT2D eigenvalue weighted by molar-refractivity contribution is 4.89. The summed E-state index contributed by atoms with van der Waals surface area (Å²) in [4.78, 5) is 2.75. The van der Waals surface area contributed by atoms with E-state index in [4.69, 9.17) is 0 Å². The molecule has 0 unspecified atom stereocenters. The molecule has 0 spiro atoms. The van der Waals surface area contributed by atoms with E-state index in [1.54, 1.807) is 0 Å². The number of hydrogen-bond acceptors (Lipinski definition) is 2. The number of nitrogens with zero attached hydrogens (tertiary/aromatic N) is 1. The molecule has 0 amide bonds. The van der Waals surface area contributed by atoms with Crippen LogP contribution in [0.4, 0.5) is 0 Å². The Morgan fingerprint density at radius 3 is 2.17 bits per heavy atom. The molecule has 2 heteroatoms. The highest BCUT2D eigenvalue weighted by Gasteiger charge is 2.34. The summed E-state index contributed by atoms with van der Waals surface area (Å²) in [7, 11) is 0. The Balaban J connectivity index is 1.90. The van der Waals surface area contributed by atoms with E-state index in [-0.39, 0.29) is 0 Å². The van der Waals surface area contributed by atoms with Gasteiger partial charge < -0.3 is 10.2 Å². The summed E-state index contributed by atoms with van der Waals surface area (Å²) in [6, 6.07) is 0.630. The molecule has 1 aliphatic heterocycles. The molecule has 0 aromatic carbocycles. The Hall–Kier alpha value is -0.0800. The average Bonchev–Trinajstić information content (AvgIpc) is 2.39. The second-order valence-corrected chi connectivity index (χ2v) is 6.93. The van der Waals surface area contributed by atoms with E-state index in [1.807, 2.05) is 0 Å². The minimum Gasteiger partial charge on any atom is -0.314 e. The number of rotatable bonds is 5. The second-order valence-electron chi connectivity index (χ2n) is 6.93. The monoisotopic (exact) mass is 252 g/mol. The molecule has 2 fully saturated rings. The summed E-state index contributed by atoms with van der Waals surface area (Å²) in [5.74, 6) is 0. The Kier molecular flexibility index (Phi) is 5.50. The zero-order valence-corrected chi connectivity index (χ0v) is 12.5. The van der Waals surface area contributed by atoms with Crippen LogP contribution in [0.15, 0.2) is 0 Å². The third-order valence-corrected chi connectivity index (χ3v) is 4.81. The van der Waals surface area contributed by atoms with Gasteiger partial charge in [0.25, 0.3) is 0 Å². The minimum atomic E-state index is 0.583. The quantitative estimate of drug-likeness (QED) is 0.806. The van der Waals surface area contributed by atoms with E-state index in [0.29, 0.717) is 11.5 Å². The standard InChI is InChI=1S/C16H32N2/c1-15(2)17-13-16(9-5-3-6-10-16)14-18-11-7-4-8-12-18/h15,17H,3-14H2,1-2H3. The van der Waals surface area contributed by atoms with E-state index >= 15 is 0 Å². The molecule has 1 heterocycles. The highest BCUT2D eigenvalue weighted by atomic mass is 15.1. The average molecular weight is 252 g/mol. The summed E-state index contributed by atoms with van der Waals surface area (Å²) in [5, 5.41) is 3.72. The topological polar surface area (TPSA) is 15.3 Å². The van der Waals surface area contributed by atoms with E-state index in [0.717, 1.165) is 0 Å². The van der Waals surface area contributed by atoms with E-state index < -0.39 is 0 Å². The number of piperidine rings is 1. The first-order valence-electron chi connectivity index (χ1n) is 8.16. The van der Waals surface area contributed by atoms with Gasteiger partial charge in [0.1, 0.15) is 0 Å². The Bertz CT molecular complexity index is 225. The molecule has 106 valence electrons. The molecular weight excluding hydrogens is 220 g/mol. The van der Waals surface area contributed by atoms with Crippen LogP contribution >= 0.6 is 0 Å². The third-order valence-electron chi connectivity index (χ3n) is 4.81. The largest absolute Gasteiger partial charge is 0.314 e.